The first-order valence-electron chi connectivity index (χ1n) is 10.2. The summed E-state index contributed by atoms with van der Waals surface area (Å²) in [5.41, 5.74) is 1.59. The number of carbonyl (C=O) groups is 2. The molecule has 0 spiro atoms. The van der Waals surface area contributed by atoms with Gasteiger partial charge in [-0.3, -0.25) is 4.79 Å². The summed E-state index contributed by atoms with van der Waals surface area (Å²) in [6, 6.07) is 9.79. The first kappa shape index (κ1) is 20.8. The smallest absolute Gasteiger partial charge is 0.319 e. The fourth-order valence-electron chi connectivity index (χ4n) is 3.43. The molecule has 1 fully saturated rings. The van der Waals surface area contributed by atoms with Gasteiger partial charge in [0.05, 0.1) is 13.2 Å². The number of anilines is 2. The van der Waals surface area contributed by atoms with Gasteiger partial charge in [-0.1, -0.05) is 0 Å². The van der Waals surface area contributed by atoms with E-state index in [1.54, 1.807) is 36.4 Å². The molecular weight excluding hydrogens is 402 g/mol. The van der Waals surface area contributed by atoms with Gasteiger partial charge in [0.15, 0.2) is 11.5 Å². The molecule has 2 aliphatic heterocycles. The van der Waals surface area contributed by atoms with Crippen LogP contribution in [-0.2, 0) is 4.74 Å². The zero-order valence-corrected chi connectivity index (χ0v) is 17.2. The van der Waals surface area contributed by atoms with Gasteiger partial charge in [0.1, 0.15) is 13.2 Å². The van der Waals surface area contributed by atoms with Gasteiger partial charge in [0.25, 0.3) is 5.91 Å². The van der Waals surface area contributed by atoms with Crippen LogP contribution in [-0.4, -0.2) is 51.5 Å². The van der Waals surface area contributed by atoms with Crippen molar-refractivity contribution in [1.29, 1.82) is 0 Å². The van der Waals surface area contributed by atoms with Crippen LogP contribution in [0.5, 0.6) is 17.2 Å². The number of nitrogens with one attached hydrogen (secondary N) is 3. The molecule has 0 bridgehead atoms. The summed E-state index contributed by atoms with van der Waals surface area (Å²) in [5, 5.41) is 8.38. The molecule has 2 aromatic rings. The maximum absolute atomic E-state index is 12.7. The van der Waals surface area contributed by atoms with Crippen LogP contribution in [0.4, 0.5) is 16.2 Å². The van der Waals surface area contributed by atoms with Gasteiger partial charge in [0.2, 0.25) is 5.75 Å². The van der Waals surface area contributed by atoms with Crippen LogP contribution < -0.4 is 30.2 Å². The summed E-state index contributed by atoms with van der Waals surface area (Å²) in [5.74, 6) is 1.10. The molecule has 4 rings (SSSR count). The highest BCUT2D eigenvalue weighted by Crippen LogP contribution is 2.40. The second-order valence-electron chi connectivity index (χ2n) is 7.20. The Hall–Kier alpha value is -3.46. The molecule has 2 aromatic carbocycles. The lowest BCUT2D eigenvalue weighted by Gasteiger charge is -2.21. The van der Waals surface area contributed by atoms with E-state index in [0.717, 1.165) is 19.4 Å². The molecule has 1 saturated heterocycles. The zero-order valence-electron chi connectivity index (χ0n) is 17.2. The quantitative estimate of drug-likeness (QED) is 0.654. The van der Waals surface area contributed by atoms with E-state index in [1.807, 2.05) is 0 Å². The Morgan fingerprint density at radius 2 is 1.77 bits per heavy atom. The summed E-state index contributed by atoms with van der Waals surface area (Å²) in [7, 11) is 1.51. The Kier molecular flexibility index (Phi) is 6.42. The molecule has 0 saturated carbocycles. The normalized spacial score (nSPS) is 17.0. The van der Waals surface area contributed by atoms with Crippen molar-refractivity contribution in [2.75, 3.05) is 44.1 Å². The highest BCUT2D eigenvalue weighted by atomic mass is 16.6. The molecule has 0 aromatic heterocycles. The molecule has 0 aliphatic carbocycles. The number of urea groups is 1. The molecule has 9 heteroatoms. The summed E-state index contributed by atoms with van der Waals surface area (Å²) in [4.78, 5) is 24.7. The van der Waals surface area contributed by atoms with Gasteiger partial charge in [-0.15, -0.1) is 0 Å². The number of benzene rings is 2. The highest BCUT2D eigenvalue weighted by molar-refractivity contribution is 6.05. The number of hydrogen-bond acceptors (Lipinski definition) is 6. The third-order valence-electron chi connectivity index (χ3n) is 5.01. The average molecular weight is 427 g/mol. The Morgan fingerprint density at radius 3 is 2.48 bits per heavy atom. The van der Waals surface area contributed by atoms with Crippen molar-refractivity contribution in [2.45, 2.75) is 18.9 Å². The molecule has 9 nitrogen and oxygen atoms in total. The van der Waals surface area contributed by atoms with E-state index in [9.17, 15) is 9.59 Å². The minimum atomic E-state index is -0.315. The zero-order chi connectivity index (χ0) is 21.6. The Morgan fingerprint density at radius 1 is 1.03 bits per heavy atom. The lowest BCUT2D eigenvalue weighted by Crippen LogP contribution is -2.35. The first-order chi connectivity index (χ1) is 15.1. The number of amides is 3. The van der Waals surface area contributed by atoms with E-state index >= 15 is 0 Å². The number of fused-ring (bicyclic) bond motifs is 1. The summed E-state index contributed by atoms with van der Waals surface area (Å²) in [6.45, 7) is 2.08. The van der Waals surface area contributed by atoms with Gasteiger partial charge in [0, 0.05) is 30.1 Å². The van der Waals surface area contributed by atoms with Crippen molar-refractivity contribution < 1.29 is 28.5 Å². The van der Waals surface area contributed by atoms with E-state index in [4.69, 9.17) is 18.9 Å². The predicted octanol–water partition coefficient (Wildman–Crippen LogP) is 3.02. The molecule has 1 atom stereocenters. The second-order valence-corrected chi connectivity index (χ2v) is 7.20. The molecule has 3 amide bonds. The Bertz CT molecular complexity index is 924. The molecular formula is C22H25N3O6. The molecule has 2 aliphatic rings. The molecule has 1 unspecified atom stereocenters. The molecule has 164 valence electrons. The third kappa shape index (κ3) is 5.18. The molecule has 2 heterocycles. The SMILES string of the molecule is COc1cc(C(=O)Nc2ccc(NC(=O)NCC3CCCO3)cc2)cc2c1OCCO2. The van der Waals surface area contributed by atoms with Gasteiger partial charge in [-0.25, -0.2) is 4.79 Å². The van der Waals surface area contributed by atoms with Crippen molar-refractivity contribution in [3.8, 4) is 17.2 Å². The Labute approximate surface area is 180 Å². The fourth-order valence-corrected chi connectivity index (χ4v) is 3.43. The largest absolute Gasteiger partial charge is 0.493 e. The van der Waals surface area contributed by atoms with Crippen molar-refractivity contribution in [1.82, 2.24) is 5.32 Å². The number of methoxy groups -OCH3 is 1. The maximum Gasteiger partial charge on any atom is 0.319 e. The van der Waals surface area contributed by atoms with E-state index in [1.165, 1.54) is 7.11 Å². The van der Waals surface area contributed by atoms with Gasteiger partial charge in [-0.05, 0) is 49.2 Å². The standard InChI is InChI=1S/C22H25N3O6/c1-28-18-11-14(12-19-20(18)31-10-9-30-19)21(26)24-15-4-6-16(7-5-15)25-22(27)23-13-17-3-2-8-29-17/h4-7,11-12,17H,2-3,8-10,13H2,1H3,(H,24,26)(H2,23,25,27). The van der Waals surface area contributed by atoms with Gasteiger partial charge in [-0.2, -0.15) is 0 Å². The summed E-state index contributed by atoms with van der Waals surface area (Å²) < 4.78 is 21.9. The van der Waals surface area contributed by atoms with Crippen molar-refractivity contribution >= 4 is 23.3 Å². The lowest BCUT2D eigenvalue weighted by atomic mass is 10.1. The highest BCUT2D eigenvalue weighted by Gasteiger charge is 2.21. The number of carbonyl (C=O) groups excluding carboxylic acids is 2. The van der Waals surface area contributed by atoms with Gasteiger partial charge < -0.3 is 34.9 Å². The van der Waals surface area contributed by atoms with Crippen LogP contribution >= 0.6 is 0 Å². The van der Waals surface area contributed by atoms with E-state index in [2.05, 4.69) is 16.0 Å². The maximum atomic E-state index is 12.7. The lowest BCUT2D eigenvalue weighted by molar-refractivity contribution is 0.102. The summed E-state index contributed by atoms with van der Waals surface area (Å²) >= 11 is 0. The van der Waals surface area contributed by atoms with Crippen molar-refractivity contribution in [3.63, 3.8) is 0 Å². The van der Waals surface area contributed by atoms with E-state index in [0.29, 0.717) is 53.9 Å². The van der Waals surface area contributed by atoms with Crippen LogP contribution in [0, 0.1) is 0 Å². The minimum absolute atomic E-state index is 0.0857. The molecule has 3 N–H and O–H groups in total. The fraction of sp³-hybridized carbons (Fsp3) is 0.364. The van der Waals surface area contributed by atoms with E-state index < -0.39 is 0 Å². The monoisotopic (exact) mass is 427 g/mol. The minimum Gasteiger partial charge on any atom is -0.493 e. The summed E-state index contributed by atoms with van der Waals surface area (Å²) in [6.07, 6.45) is 2.08. The number of rotatable bonds is 6. The van der Waals surface area contributed by atoms with Crippen LogP contribution in [0.3, 0.4) is 0 Å². The van der Waals surface area contributed by atoms with Crippen LogP contribution in [0.25, 0.3) is 0 Å². The van der Waals surface area contributed by atoms with Gasteiger partial charge >= 0.3 is 6.03 Å². The predicted molar refractivity (Wildman–Crippen MR) is 114 cm³/mol. The van der Waals surface area contributed by atoms with Crippen LogP contribution in [0.1, 0.15) is 23.2 Å². The van der Waals surface area contributed by atoms with Crippen LogP contribution in [0.2, 0.25) is 0 Å². The third-order valence-corrected chi connectivity index (χ3v) is 5.01. The second kappa shape index (κ2) is 9.57. The first-order valence-corrected chi connectivity index (χ1v) is 10.2. The topological polar surface area (TPSA) is 107 Å². The van der Waals surface area contributed by atoms with E-state index in [-0.39, 0.29) is 18.0 Å². The Balaban J connectivity index is 1.34. The molecule has 31 heavy (non-hydrogen) atoms. The number of hydrogen-bond donors (Lipinski definition) is 3. The van der Waals surface area contributed by atoms with Crippen molar-refractivity contribution in [3.05, 3.63) is 42.0 Å². The van der Waals surface area contributed by atoms with Crippen molar-refractivity contribution in [2.24, 2.45) is 0 Å². The average Bonchev–Trinajstić information content (AvgIpc) is 3.32. The van der Waals surface area contributed by atoms with Crippen LogP contribution in [0.15, 0.2) is 36.4 Å². The molecule has 0 radical (unpaired) electrons. The number of ether oxygens (including phenoxy) is 4.